The summed E-state index contributed by atoms with van der Waals surface area (Å²) in [6, 6.07) is 52.3. The van der Waals surface area contributed by atoms with Gasteiger partial charge >= 0.3 is 0 Å². The van der Waals surface area contributed by atoms with E-state index in [1.54, 1.807) is 0 Å². The maximum absolute atomic E-state index is 2.38. The Kier molecular flexibility index (Phi) is 5.10. The van der Waals surface area contributed by atoms with Crippen LogP contribution in [0.15, 0.2) is 140 Å². The third kappa shape index (κ3) is 3.22. The van der Waals surface area contributed by atoms with Gasteiger partial charge in [-0.1, -0.05) is 153 Å². The Morgan fingerprint density at radius 1 is 0.390 bits per heavy atom. The largest absolute Gasteiger partial charge is 0.0719 e. The van der Waals surface area contributed by atoms with Gasteiger partial charge in [-0.3, -0.25) is 0 Å². The second kappa shape index (κ2) is 8.66. The summed E-state index contributed by atoms with van der Waals surface area (Å²) in [4.78, 5) is 0. The quantitative estimate of drug-likeness (QED) is 0.211. The summed E-state index contributed by atoms with van der Waals surface area (Å²) < 4.78 is 0. The minimum Gasteiger partial charge on any atom is -0.0619 e. The molecule has 0 fully saturated rings. The lowest BCUT2D eigenvalue weighted by molar-refractivity contribution is 0.563. The molecule has 0 saturated heterocycles. The van der Waals surface area contributed by atoms with Gasteiger partial charge in [0.15, 0.2) is 0 Å². The summed E-state index contributed by atoms with van der Waals surface area (Å²) in [5.41, 5.74) is 17.0. The predicted octanol–water partition coefficient (Wildman–Crippen LogP) is 10.3. The van der Waals surface area contributed by atoms with E-state index in [4.69, 9.17) is 0 Å². The van der Waals surface area contributed by atoms with Crippen molar-refractivity contribution in [1.82, 2.24) is 0 Å². The van der Waals surface area contributed by atoms with Gasteiger partial charge in [0.05, 0.1) is 5.41 Å². The maximum atomic E-state index is 2.38. The Bertz CT molecular complexity index is 1940. The zero-order valence-corrected chi connectivity index (χ0v) is 23.8. The van der Waals surface area contributed by atoms with Gasteiger partial charge in [-0.05, 0) is 79.8 Å². The third-order valence-corrected chi connectivity index (χ3v) is 9.60. The fourth-order valence-electron chi connectivity index (χ4n) is 7.84. The van der Waals surface area contributed by atoms with E-state index < -0.39 is 0 Å². The highest BCUT2D eigenvalue weighted by molar-refractivity contribution is 5.97. The molecule has 0 unspecified atom stereocenters. The average Bonchev–Trinajstić information content (AvgIpc) is 3.32. The van der Waals surface area contributed by atoms with Crippen LogP contribution in [0.4, 0.5) is 0 Å². The third-order valence-electron chi connectivity index (χ3n) is 9.60. The summed E-state index contributed by atoms with van der Waals surface area (Å²) in [6.07, 6.45) is 0. The van der Waals surface area contributed by atoms with Crippen molar-refractivity contribution in [1.29, 1.82) is 0 Å². The Morgan fingerprint density at radius 3 is 1.56 bits per heavy atom. The van der Waals surface area contributed by atoms with Crippen LogP contribution in [-0.2, 0) is 10.8 Å². The molecule has 0 amide bonds. The molecule has 2 aliphatic rings. The molecule has 6 aromatic rings. The molecular formula is C41H32. The molecule has 0 aromatic heterocycles. The van der Waals surface area contributed by atoms with E-state index in [9.17, 15) is 0 Å². The topological polar surface area (TPSA) is 0 Å². The van der Waals surface area contributed by atoms with Crippen molar-refractivity contribution >= 4 is 0 Å². The molecule has 41 heavy (non-hydrogen) atoms. The van der Waals surface area contributed by atoms with Gasteiger partial charge in [-0.25, -0.2) is 0 Å². The summed E-state index contributed by atoms with van der Waals surface area (Å²) >= 11 is 0. The first kappa shape index (κ1) is 24.1. The molecule has 0 heterocycles. The van der Waals surface area contributed by atoms with Gasteiger partial charge < -0.3 is 0 Å². The standard InChI is InChI=1S/C41H32/c1-27-13-10-14-28(25-27)29-15-11-16-30(26-29)31-18-12-24-38-39(31)32-17-4-5-19-33(32)41(38)36-22-8-6-20-34(36)40(2,3)35-21-7-9-23-37(35)41/h4-26H,1-3H3. The van der Waals surface area contributed by atoms with Gasteiger partial charge in [0.2, 0.25) is 0 Å². The maximum Gasteiger partial charge on any atom is 0.0719 e. The lowest BCUT2D eigenvalue weighted by atomic mass is 9.55. The first-order valence-corrected chi connectivity index (χ1v) is 14.6. The van der Waals surface area contributed by atoms with Gasteiger partial charge in [-0.15, -0.1) is 0 Å². The Balaban J connectivity index is 1.46. The molecular weight excluding hydrogens is 492 g/mol. The molecule has 6 aromatic carbocycles. The zero-order chi connectivity index (χ0) is 27.8. The summed E-state index contributed by atoms with van der Waals surface area (Å²) in [5.74, 6) is 0. The lowest BCUT2D eigenvalue weighted by Crippen LogP contribution is -2.40. The Labute approximate surface area is 243 Å². The van der Waals surface area contributed by atoms with Crippen molar-refractivity contribution < 1.29 is 0 Å². The highest BCUT2D eigenvalue weighted by Crippen LogP contribution is 2.63. The minimum absolute atomic E-state index is 0.0874. The molecule has 0 atom stereocenters. The van der Waals surface area contributed by atoms with Crippen molar-refractivity contribution in [2.45, 2.75) is 31.6 Å². The fourth-order valence-corrected chi connectivity index (χ4v) is 7.84. The highest BCUT2D eigenvalue weighted by Gasteiger charge is 2.53. The van der Waals surface area contributed by atoms with Crippen molar-refractivity contribution in [2.24, 2.45) is 0 Å². The van der Waals surface area contributed by atoms with Gasteiger partial charge in [0, 0.05) is 5.41 Å². The average molecular weight is 525 g/mol. The van der Waals surface area contributed by atoms with Crippen molar-refractivity contribution in [2.75, 3.05) is 0 Å². The van der Waals surface area contributed by atoms with Gasteiger partial charge in [0.25, 0.3) is 0 Å². The summed E-state index contributed by atoms with van der Waals surface area (Å²) in [6.45, 7) is 6.92. The predicted molar refractivity (Wildman–Crippen MR) is 171 cm³/mol. The normalized spacial score (nSPS) is 15.1. The van der Waals surface area contributed by atoms with Crippen LogP contribution in [0, 0.1) is 6.92 Å². The van der Waals surface area contributed by atoms with Crippen LogP contribution in [0.3, 0.4) is 0 Å². The number of fused-ring (bicyclic) bond motifs is 9. The van der Waals surface area contributed by atoms with E-state index in [0.717, 1.165) is 0 Å². The Morgan fingerprint density at radius 2 is 0.878 bits per heavy atom. The van der Waals surface area contributed by atoms with Crippen molar-refractivity contribution in [3.63, 3.8) is 0 Å². The molecule has 0 aliphatic heterocycles. The van der Waals surface area contributed by atoms with Crippen LogP contribution < -0.4 is 0 Å². The molecule has 0 N–H and O–H groups in total. The lowest BCUT2D eigenvalue weighted by Gasteiger charge is -2.46. The molecule has 0 radical (unpaired) electrons. The second-order valence-corrected chi connectivity index (χ2v) is 12.2. The summed E-state index contributed by atoms with van der Waals surface area (Å²) in [7, 11) is 0. The fraction of sp³-hybridized carbons (Fsp3) is 0.122. The van der Waals surface area contributed by atoms with Crippen molar-refractivity contribution in [3.8, 4) is 33.4 Å². The van der Waals surface area contributed by atoms with Crippen LogP contribution >= 0.6 is 0 Å². The van der Waals surface area contributed by atoms with Crippen LogP contribution in [0.1, 0.15) is 52.8 Å². The van der Waals surface area contributed by atoms with E-state index in [1.165, 1.54) is 72.3 Å². The summed E-state index contributed by atoms with van der Waals surface area (Å²) in [5, 5.41) is 0. The van der Waals surface area contributed by atoms with E-state index in [-0.39, 0.29) is 10.8 Å². The number of hydrogen-bond acceptors (Lipinski definition) is 0. The molecule has 2 aliphatic carbocycles. The smallest absolute Gasteiger partial charge is 0.0619 e. The van der Waals surface area contributed by atoms with Crippen molar-refractivity contribution in [3.05, 3.63) is 178 Å². The monoisotopic (exact) mass is 524 g/mol. The van der Waals surface area contributed by atoms with Crippen LogP contribution in [0.5, 0.6) is 0 Å². The number of rotatable bonds is 2. The van der Waals surface area contributed by atoms with Gasteiger partial charge in [0.1, 0.15) is 0 Å². The Hall–Kier alpha value is -4.68. The molecule has 0 saturated carbocycles. The molecule has 0 nitrogen and oxygen atoms in total. The first-order chi connectivity index (χ1) is 20.0. The number of benzene rings is 6. The molecule has 8 rings (SSSR count). The van der Waals surface area contributed by atoms with E-state index in [2.05, 4.69) is 160 Å². The molecule has 196 valence electrons. The van der Waals surface area contributed by atoms with Crippen LogP contribution in [0.2, 0.25) is 0 Å². The second-order valence-electron chi connectivity index (χ2n) is 12.2. The molecule has 0 bridgehead atoms. The van der Waals surface area contributed by atoms with Crippen LogP contribution in [-0.4, -0.2) is 0 Å². The number of aryl methyl sites for hydroxylation is 1. The highest BCUT2D eigenvalue weighted by atomic mass is 14.5. The van der Waals surface area contributed by atoms with Gasteiger partial charge in [-0.2, -0.15) is 0 Å². The number of hydrogen-bond donors (Lipinski definition) is 0. The van der Waals surface area contributed by atoms with Crippen LogP contribution in [0.25, 0.3) is 33.4 Å². The first-order valence-electron chi connectivity index (χ1n) is 14.6. The minimum atomic E-state index is -0.362. The van der Waals surface area contributed by atoms with E-state index in [0.29, 0.717) is 0 Å². The molecule has 0 heteroatoms. The zero-order valence-electron chi connectivity index (χ0n) is 23.8. The van der Waals surface area contributed by atoms with E-state index in [1.807, 2.05) is 0 Å². The molecule has 1 spiro atoms. The van der Waals surface area contributed by atoms with E-state index >= 15 is 0 Å². The SMILES string of the molecule is Cc1cccc(-c2cccc(-c3cccc4c3-c3ccccc3C43c4ccccc4C(C)(C)c4ccccc43)c2)c1.